The molecule has 2 heterocycles. The number of rotatable bonds is 11. The zero-order chi connectivity index (χ0) is 35.6. The second-order valence-electron chi connectivity index (χ2n) is 14.2. The molecule has 3 fully saturated rings. The van der Waals surface area contributed by atoms with Crippen molar-refractivity contribution < 1.29 is 39.3 Å². The number of hydroxylamine groups is 2. The first-order valence-corrected chi connectivity index (χ1v) is 17.4. The summed E-state index contributed by atoms with van der Waals surface area (Å²) < 4.78 is 5.99. The highest BCUT2D eigenvalue weighted by molar-refractivity contribution is 5.99. The topological polar surface area (TPSA) is 152 Å². The summed E-state index contributed by atoms with van der Waals surface area (Å²) in [7, 11) is 5.30. The summed E-state index contributed by atoms with van der Waals surface area (Å²) in [5.74, 6) is -0.962. The Kier molecular flexibility index (Phi) is 11.5. The van der Waals surface area contributed by atoms with E-state index in [0.29, 0.717) is 59.2 Å². The van der Waals surface area contributed by atoms with Crippen LogP contribution in [0, 0.1) is 17.8 Å². The van der Waals surface area contributed by atoms with Gasteiger partial charge in [-0.15, -0.1) is 0 Å². The van der Waals surface area contributed by atoms with Crippen LogP contribution >= 0.6 is 0 Å². The van der Waals surface area contributed by atoms with Gasteiger partial charge in [0, 0.05) is 55.0 Å². The number of carbonyl (C=O) groups is 3. The summed E-state index contributed by atoms with van der Waals surface area (Å²) in [6, 6.07) is 9.37. The number of carboxylic acid groups (broad SMARTS) is 1. The van der Waals surface area contributed by atoms with Crippen LogP contribution in [-0.4, -0.2) is 108 Å². The molecule has 5 rings (SSSR count). The lowest BCUT2D eigenvalue weighted by atomic mass is 9.77. The van der Waals surface area contributed by atoms with Gasteiger partial charge in [-0.25, -0.2) is 4.79 Å². The average molecular weight is 681 g/mol. The minimum absolute atomic E-state index is 0.00556. The third kappa shape index (κ3) is 7.57. The average Bonchev–Trinajstić information content (AvgIpc) is 3.72. The molecule has 0 radical (unpaired) electrons. The molecule has 1 aliphatic carbocycles. The monoisotopic (exact) mass is 680 g/mol. The number of aliphatic carboxylic acids is 1. The summed E-state index contributed by atoms with van der Waals surface area (Å²) in [4.78, 5) is 49.1. The number of methoxy groups -OCH3 is 1. The van der Waals surface area contributed by atoms with Crippen LogP contribution in [0.25, 0.3) is 11.1 Å². The minimum Gasteiger partial charge on any atom is -0.496 e. The lowest BCUT2D eigenvalue weighted by molar-refractivity contribution is -0.182. The number of ether oxygens (including phenoxy) is 1. The molecule has 0 aromatic heterocycles. The molecule has 2 amide bonds. The number of carbonyl (C=O) groups excluding carboxylic acids is 2. The van der Waals surface area contributed by atoms with Crippen molar-refractivity contribution in [1.82, 2.24) is 15.3 Å². The predicted octanol–water partition coefficient (Wildman–Crippen LogP) is 3.53. The maximum Gasteiger partial charge on any atom is 0.326 e. The quantitative estimate of drug-likeness (QED) is 0.278. The normalized spacial score (nSPS) is 27.9. The molecule has 12 heteroatoms. The molecule has 2 saturated heterocycles. The number of anilines is 1. The Labute approximate surface area is 288 Å². The molecule has 0 unspecified atom stereocenters. The van der Waals surface area contributed by atoms with Crippen LogP contribution in [0.3, 0.4) is 0 Å². The second-order valence-corrected chi connectivity index (χ2v) is 14.2. The molecule has 0 spiro atoms. The van der Waals surface area contributed by atoms with Gasteiger partial charge in [-0.2, -0.15) is 5.06 Å². The maximum absolute atomic E-state index is 14.0. The number of amides is 2. The Bertz CT molecular complexity index is 1520. The van der Waals surface area contributed by atoms with Gasteiger partial charge in [-0.05, 0) is 61.8 Å². The van der Waals surface area contributed by atoms with E-state index in [1.807, 2.05) is 43.3 Å². The first kappa shape index (κ1) is 36.6. The molecule has 2 aliphatic heterocycles. The molecule has 3 aliphatic rings. The number of hydrogen-bond donors (Lipinski definition) is 4. The molecule has 0 bridgehead atoms. The van der Waals surface area contributed by atoms with E-state index in [2.05, 4.69) is 19.2 Å². The van der Waals surface area contributed by atoms with Crippen molar-refractivity contribution in [2.24, 2.45) is 17.8 Å². The van der Waals surface area contributed by atoms with Crippen molar-refractivity contribution in [3.63, 3.8) is 0 Å². The van der Waals surface area contributed by atoms with E-state index >= 15 is 0 Å². The van der Waals surface area contributed by atoms with Crippen LogP contribution in [-0.2, 0) is 21.0 Å². The van der Waals surface area contributed by atoms with Crippen molar-refractivity contribution in [2.75, 3.05) is 39.3 Å². The number of likely N-dealkylation sites (tertiary alicyclic amines) is 1. The highest BCUT2D eigenvalue weighted by atomic mass is 16.7. The summed E-state index contributed by atoms with van der Waals surface area (Å²) in [5.41, 5.74) is 3.24. The zero-order valence-corrected chi connectivity index (χ0v) is 29.5. The van der Waals surface area contributed by atoms with E-state index in [9.17, 15) is 29.7 Å². The van der Waals surface area contributed by atoms with E-state index in [1.165, 1.54) is 4.90 Å². The Balaban J connectivity index is 1.49. The lowest BCUT2D eigenvalue weighted by Gasteiger charge is -2.36. The van der Waals surface area contributed by atoms with Crippen molar-refractivity contribution in [1.29, 1.82) is 0 Å². The Morgan fingerprint density at radius 3 is 2.51 bits per heavy atom. The van der Waals surface area contributed by atoms with E-state index in [4.69, 9.17) is 9.57 Å². The van der Waals surface area contributed by atoms with Gasteiger partial charge in [-0.1, -0.05) is 44.9 Å². The van der Waals surface area contributed by atoms with Crippen molar-refractivity contribution in [3.8, 4) is 16.9 Å². The lowest BCUT2D eigenvalue weighted by Crippen LogP contribution is -2.53. The van der Waals surface area contributed by atoms with Crippen LogP contribution in [0.15, 0.2) is 36.4 Å². The summed E-state index contributed by atoms with van der Waals surface area (Å²) >= 11 is 0. The number of benzene rings is 2. The highest BCUT2D eigenvalue weighted by Crippen LogP contribution is 2.39. The van der Waals surface area contributed by atoms with E-state index < -0.39 is 36.2 Å². The van der Waals surface area contributed by atoms with Crippen LogP contribution < -0.4 is 15.0 Å². The van der Waals surface area contributed by atoms with Gasteiger partial charge < -0.3 is 35.2 Å². The van der Waals surface area contributed by atoms with Gasteiger partial charge in [0.25, 0.3) is 5.91 Å². The van der Waals surface area contributed by atoms with Crippen molar-refractivity contribution >= 4 is 23.5 Å². The molecule has 12 nitrogen and oxygen atoms in total. The standard InChI is InChI=1S/C37H52N4O8/c1-21-10-7-13-29(22(21)2)38-35(44)33-32(23(3)43)31(20-42)49-41(33)19-24-11-8-12-28(34(24)48-6)25-16-26(18-27(17-25)39(4)5)36(45)40-15-9-14-30(40)37(46)47/h8,11-12,16-18,21-23,29-33,42-43H,7,9-10,13-15,19-20H2,1-6H3,(H,38,44)(H,46,47)/t21-,22-,23-,29-,30-,31-,32+,33-/m0/s1. The van der Waals surface area contributed by atoms with Gasteiger partial charge in [0.1, 0.15) is 23.9 Å². The van der Waals surface area contributed by atoms with Crippen molar-refractivity contribution in [2.45, 2.75) is 89.8 Å². The summed E-state index contributed by atoms with van der Waals surface area (Å²) in [6.07, 6.45) is 2.38. The van der Waals surface area contributed by atoms with Crippen LogP contribution in [0.2, 0.25) is 0 Å². The molecule has 4 N–H and O–H groups in total. The third-order valence-electron chi connectivity index (χ3n) is 10.8. The zero-order valence-electron chi connectivity index (χ0n) is 29.5. The summed E-state index contributed by atoms with van der Waals surface area (Å²) in [6.45, 7) is 6.12. The molecule has 49 heavy (non-hydrogen) atoms. The van der Waals surface area contributed by atoms with Gasteiger partial charge in [0.2, 0.25) is 5.91 Å². The first-order valence-electron chi connectivity index (χ1n) is 17.4. The number of hydrogen-bond acceptors (Lipinski definition) is 9. The van der Waals surface area contributed by atoms with E-state index in [0.717, 1.165) is 24.9 Å². The van der Waals surface area contributed by atoms with Crippen molar-refractivity contribution in [3.05, 3.63) is 47.5 Å². The Morgan fingerprint density at radius 1 is 1.10 bits per heavy atom. The molecule has 2 aromatic rings. The molecule has 8 atom stereocenters. The third-order valence-corrected chi connectivity index (χ3v) is 10.8. The van der Waals surface area contributed by atoms with Gasteiger partial charge in [0.05, 0.1) is 26.4 Å². The van der Waals surface area contributed by atoms with Crippen LogP contribution in [0.4, 0.5) is 5.69 Å². The number of carboxylic acids is 1. The Morgan fingerprint density at radius 2 is 1.86 bits per heavy atom. The fourth-order valence-electron chi connectivity index (χ4n) is 7.86. The minimum atomic E-state index is -1.01. The number of aliphatic hydroxyl groups is 2. The molecular weight excluding hydrogens is 628 g/mol. The number of nitrogens with one attached hydrogen (secondary N) is 1. The smallest absolute Gasteiger partial charge is 0.326 e. The molecule has 2 aromatic carbocycles. The van der Waals surface area contributed by atoms with Gasteiger partial charge in [0.15, 0.2) is 0 Å². The fraction of sp³-hybridized carbons (Fsp3) is 0.595. The van der Waals surface area contributed by atoms with E-state index in [-0.39, 0.29) is 31.0 Å². The predicted molar refractivity (Wildman–Crippen MR) is 185 cm³/mol. The molecular formula is C37H52N4O8. The molecule has 1 saturated carbocycles. The second kappa shape index (κ2) is 15.5. The largest absolute Gasteiger partial charge is 0.496 e. The van der Waals surface area contributed by atoms with Gasteiger partial charge in [-0.3, -0.25) is 14.4 Å². The SMILES string of the molecule is COc1c(CN2O[C@@H](CO)[C@@H]([C@H](C)O)[C@H]2C(=O)N[C@H]2CCC[C@H](C)[C@@H]2C)cccc1-c1cc(C(=O)N2CCC[C@H]2C(=O)O)cc(N(C)C)c1. The molecule has 268 valence electrons. The van der Waals surface area contributed by atoms with Gasteiger partial charge >= 0.3 is 5.97 Å². The summed E-state index contributed by atoms with van der Waals surface area (Å²) in [5, 5.41) is 35.6. The maximum atomic E-state index is 14.0. The van der Waals surface area contributed by atoms with Crippen LogP contribution in [0.5, 0.6) is 5.75 Å². The number of nitrogens with zero attached hydrogens (tertiary/aromatic N) is 3. The Hall–Kier alpha value is -3.71. The number of aliphatic hydroxyl groups excluding tert-OH is 2. The first-order chi connectivity index (χ1) is 23.4. The fourth-order valence-corrected chi connectivity index (χ4v) is 7.86. The highest BCUT2D eigenvalue weighted by Gasteiger charge is 2.50. The van der Waals surface area contributed by atoms with E-state index in [1.54, 1.807) is 31.2 Å². The van der Waals surface area contributed by atoms with Crippen LogP contribution in [0.1, 0.15) is 68.8 Å². The number of para-hydroxylation sites is 1.